The van der Waals surface area contributed by atoms with Crippen LogP contribution < -0.4 is 5.32 Å². The van der Waals surface area contributed by atoms with Crippen molar-refractivity contribution >= 4 is 17.5 Å². The fourth-order valence-electron chi connectivity index (χ4n) is 2.22. The minimum Gasteiger partial charge on any atom is -0.394 e. The number of aliphatic hydroxyl groups is 1. The highest BCUT2D eigenvalue weighted by molar-refractivity contribution is 6.32. The Hall–Kier alpha value is -1.85. The maximum absolute atomic E-state index is 12.2. The molecule has 2 N–H and O–H groups in total. The van der Waals surface area contributed by atoms with Crippen molar-refractivity contribution in [3.63, 3.8) is 0 Å². The van der Waals surface area contributed by atoms with Gasteiger partial charge >= 0.3 is 0 Å². The van der Waals surface area contributed by atoms with Crippen LogP contribution >= 0.6 is 11.6 Å². The lowest BCUT2D eigenvalue weighted by molar-refractivity contribution is 0.0903. The van der Waals surface area contributed by atoms with E-state index in [4.69, 9.17) is 11.6 Å². The number of rotatable bonds is 6. The number of nitrogens with one attached hydrogen (secondary N) is 1. The van der Waals surface area contributed by atoms with Crippen LogP contribution in [0, 0.1) is 5.92 Å². The largest absolute Gasteiger partial charge is 0.394 e. The summed E-state index contributed by atoms with van der Waals surface area (Å²) in [5, 5.41) is 16.9. The van der Waals surface area contributed by atoms with Gasteiger partial charge in [-0.15, -0.1) is 0 Å². The maximum atomic E-state index is 12.2. The minimum absolute atomic E-state index is 0.0882. The Balaban J connectivity index is 2.11. The van der Waals surface area contributed by atoms with Crippen LogP contribution in [0.5, 0.6) is 0 Å². The molecule has 1 aromatic heterocycles. The van der Waals surface area contributed by atoms with Gasteiger partial charge in [0.1, 0.15) is 0 Å². The van der Waals surface area contributed by atoms with Crippen LogP contribution in [-0.4, -0.2) is 33.4 Å². The Kier molecular flexibility index (Phi) is 5.57. The van der Waals surface area contributed by atoms with E-state index in [2.05, 4.69) is 10.4 Å². The molecule has 0 saturated heterocycles. The number of aliphatic hydroxyl groups excluding tert-OH is 1. The molecule has 1 atom stereocenters. The minimum atomic E-state index is -0.300. The molecule has 1 amide bonds. The Morgan fingerprint density at radius 2 is 2.09 bits per heavy atom. The van der Waals surface area contributed by atoms with E-state index in [1.807, 2.05) is 32.0 Å². The molecule has 1 heterocycles. The van der Waals surface area contributed by atoms with E-state index >= 15 is 0 Å². The van der Waals surface area contributed by atoms with Crippen LogP contribution in [0.1, 0.15) is 30.8 Å². The molecular weight excluding hydrogens is 302 g/mol. The van der Waals surface area contributed by atoms with Crippen molar-refractivity contribution in [1.82, 2.24) is 15.1 Å². The normalized spacial score (nSPS) is 12.4. The summed E-state index contributed by atoms with van der Waals surface area (Å²) in [6.45, 7) is 4.00. The first-order valence-electron chi connectivity index (χ1n) is 7.23. The van der Waals surface area contributed by atoms with Crippen molar-refractivity contribution in [2.24, 2.45) is 5.92 Å². The lowest BCUT2D eigenvalue weighted by Crippen LogP contribution is -2.38. The van der Waals surface area contributed by atoms with Gasteiger partial charge in [-0.1, -0.05) is 37.6 Å². The fourth-order valence-corrected chi connectivity index (χ4v) is 2.45. The molecule has 0 radical (unpaired) electrons. The third-order valence-electron chi connectivity index (χ3n) is 3.23. The Morgan fingerprint density at radius 3 is 2.73 bits per heavy atom. The van der Waals surface area contributed by atoms with Gasteiger partial charge in [0.25, 0.3) is 5.91 Å². The van der Waals surface area contributed by atoms with Crippen LogP contribution in [0.15, 0.2) is 36.5 Å². The average Bonchev–Trinajstić information content (AvgIpc) is 2.96. The maximum Gasteiger partial charge on any atom is 0.272 e. The average molecular weight is 322 g/mol. The van der Waals surface area contributed by atoms with Gasteiger partial charge in [-0.2, -0.15) is 5.10 Å². The lowest BCUT2D eigenvalue weighted by atomic mass is 10.0. The first-order chi connectivity index (χ1) is 10.5. The predicted molar refractivity (Wildman–Crippen MR) is 86.4 cm³/mol. The number of benzene rings is 1. The summed E-state index contributed by atoms with van der Waals surface area (Å²) in [5.41, 5.74) is 1.01. The summed E-state index contributed by atoms with van der Waals surface area (Å²) < 4.78 is 1.56. The summed E-state index contributed by atoms with van der Waals surface area (Å²) in [6.07, 6.45) is 2.40. The van der Waals surface area contributed by atoms with Gasteiger partial charge in [0.2, 0.25) is 0 Å². The first kappa shape index (κ1) is 16.5. The van der Waals surface area contributed by atoms with Crippen molar-refractivity contribution in [1.29, 1.82) is 0 Å². The zero-order valence-electron chi connectivity index (χ0n) is 12.7. The molecule has 5 nitrogen and oxygen atoms in total. The van der Waals surface area contributed by atoms with Gasteiger partial charge in [0.05, 0.1) is 23.4 Å². The van der Waals surface area contributed by atoms with Crippen molar-refractivity contribution < 1.29 is 9.90 Å². The first-order valence-corrected chi connectivity index (χ1v) is 7.61. The van der Waals surface area contributed by atoms with Gasteiger partial charge in [0.15, 0.2) is 5.69 Å². The molecule has 1 aromatic carbocycles. The third-order valence-corrected chi connectivity index (χ3v) is 3.55. The Labute approximate surface area is 134 Å². The monoisotopic (exact) mass is 321 g/mol. The molecule has 22 heavy (non-hydrogen) atoms. The van der Waals surface area contributed by atoms with Gasteiger partial charge < -0.3 is 10.4 Å². The van der Waals surface area contributed by atoms with E-state index in [-0.39, 0.29) is 18.6 Å². The zero-order chi connectivity index (χ0) is 16.1. The third kappa shape index (κ3) is 4.08. The van der Waals surface area contributed by atoms with Gasteiger partial charge in [0, 0.05) is 6.20 Å². The van der Waals surface area contributed by atoms with Crippen molar-refractivity contribution in [2.75, 3.05) is 6.61 Å². The van der Waals surface area contributed by atoms with Crippen molar-refractivity contribution in [3.05, 3.63) is 47.2 Å². The molecule has 0 fully saturated rings. The number of nitrogens with zero attached hydrogens (tertiary/aromatic N) is 2. The topological polar surface area (TPSA) is 67.2 Å². The molecule has 2 rings (SSSR count). The number of halogens is 1. The number of carbonyl (C=O) groups excluding carboxylic acids is 1. The van der Waals surface area contributed by atoms with Gasteiger partial charge in [-0.3, -0.25) is 4.79 Å². The van der Waals surface area contributed by atoms with Crippen LogP contribution in [0.25, 0.3) is 5.69 Å². The number of aromatic nitrogens is 2. The van der Waals surface area contributed by atoms with E-state index < -0.39 is 0 Å². The molecular formula is C16H20ClN3O2. The zero-order valence-corrected chi connectivity index (χ0v) is 13.4. The molecule has 0 saturated carbocycles. The van der Waals surface area contributed by atoms with Gasteiger partial charge in [-0.25, -0.2) is 4.68 Å². The lowest BCUT2D eigenvalue weighted by Gasteiger charge is -2.17. The van der Waals surface area contributed by atoms with E-state index in [0.29, 0.717) is 28.7 Å². The van der Waals surface area contributed by atoms with Crippen LogP contribution in [-0.2, 0) is 0 Å². The highest BCUT2D eigenvalue weighted by Gasteiger charge is 2.16. The number of hydrogen-bond acceptors (Lipinski definition) is 3. The number of carbonyl (C=O) groups is 1. The molecule has 6 heteroatoms. The molecule has 2 aromatic rings. The number of para-hydroxylation sites is 1. The molecule has 0 bridgehead atoms. The molecule has 0 spiro atoms. The van der Waals surface area contributed by atoms with E-state index in [1.54, 1.807) is 23.0 Å². The molecule has 0 aliphatic heterocycles. The second-order valence-electron chi connectivity index (χ2n) is 5.58. The quantitative estimate of drug-likeness (QED) is 0.859. The fraction of sp³-hybridized carbons (Fsp3) is 0.375. The van der Waals surface area contributed by atoms with Crippen LogP contribution in [0.4, 0.5) is 0 Å². The van der Waals surface area contributed by atoms with E-state index in [0.717, 1.165) is 0 Å². The Bertz CT molecular complexity index is 640. The van der Waals surface area contributed by atoms with Gasteiger partial charge in [-0.05, 0) is 30.5 Å². The van der Waals surface area contributed by atoms with Crippen LogP contribution in [0.2, 0.25) is 5.02 Å². The summed E-state index contributed by atoms with van der Waals surface area (Å²) in [6, 6.07) is 8.64. The highest BCUT2D eigenvalue weighted by Crippen LogP contribution is 2.19. The molecule has 118 valence electrons. The van der Waals surface area contributed by atoms with Crippen LogP contribution in [0.3, 0.4) is 0 Å². The van der Waals surface area contributed by atoms with E-state index in [9.17, 15) is 9.90 Å². The van der Waals surface area contributed by atoms with Crippen molar-refractivity contribution in [2.45, 2.75) is 26.3 Å². The number of amides is 1. The standard InChI is InChI=1S/C16H20ClN3O2/c1-11(2)9-12(10-21)18-16(22)14-7-8-20(19-14)15-6-4-3-5-13(15)17/h3-8,11-12,21H,9-10H2,1-2H3,(H,18,22). The second kappa shape index (κ2) is 7.42. The van der Waals surface area contributed by atoms with E-state index in [1.165, 1.54) is 0 Å². The summed E-state index contributed by atoms with van der Waals surface area (Å²) in [7, 11) is 0. The number of hydrogen-bond donors (Lipinski definition) is 2. The Morgan fingerprint density at radius 1 is 1.36 bits per heavy atom. The molecule has 1 unspecified atom stereocenters. The second-order valence-corrected chi connectivity index (χ2v) is 5.99. The van der Waals surface area contributed by atoms with Crippen molar-refractivity contribution in [3.8, 4) is 5.69 Å². The summed E-state index contributed by atoms with van der Waals surface area (Å²) >= 11 is 6.12. The summed E-state index contributed by atoms with van der Waals surface area (Å²) in [4.78, 5) is 12.2. The smallest absolute Gasteiger partial charge is 0.272 e. The summed E-state index contributed by atoms with van der Waals surface area (Å²) in [5.74, 6) is 0.0867. The SMILES string of the molecule is CC(C)CC(CO)NC(=O)c1ccn(-c2ccccc2Cl)n1. The molecule has 0 aliphatic rings. The predicted octanol–water partition coefficient (Wildman–Crippen LogP) is 2.66. The molecule has 0 aliphatic carbocycles. The highest BCUT2D eigenvalue weighted by atomic mass is 35.5.